The third-order valence-electron chi connectivity index (χ3n) is 1.38. The largest absolute Gasteiger partial charge is 0.330 e. The molecule has 0 aromatic carbocycles. The van der Waals surface area contributed by atoms with Gasteiger partial charge in [-0.1, -0.05) is 23.2 Å². The Labute approximate surface area is 92.3 Å². The molecule has 0 bridgehead atoms. The second kappa shape index (κ2) is 6.06. The summed E-state index contributed by atoms with van der Waals surface area (Å²) >= 11 is 13.0. The molecule has 0 aliphatic carbocycles. The summed E-state index contributed by atoms with van der Waals surface area (Å²) in [6.45, 7) is 0.698. The summed E-state index contributed by atoms with van der Waals surface area (Å²) in [4.78, 5) is 0. The fraction of sp³-hybridized carbons (Fsp3) is 0.429. The summed E-state index contributed by atoms with van der Waals surface area (Å²) in [7, 11) is 0. The molecule has 1 nitrogen and oxygen atoms in total. The van der Waals surface area contributed by atoms with Crippen LogP contribution >= 0.6 is 46.9 Å². The predicted molar refractivity (Wildman–Crippen MR) is 59.0 cm³/mol. The summed E-state index contributed by atoms with van der Waals surface area (Å²) in [6.07, 6.45) is 1.89. The normalized spacial score (nSPS) is 9.58. The average Bonchev–Trinajstić information content (AvgIpc) is 2.26. The Balaban J connectivity index is 0.00000121. The van der Waals surface area contributed by atoms with E-state index in [0.717, 1.165) is 27.1 Å². The molecule has 0 saturated heterocycles. The number of thiophene rings is 1. The molecule has 0 radical (unpaired) electrons. The average molecular weight is 247 g/mol. The van der Waals surface area contributed by atoms with Crippen LogP contribution in [-0.4, -0.2) is 6.54 Å². The van der Waals surface area contributed by atoms with Crippen molar-refractivity contribution >= 4 is 46.9 Å². The lowest BCUT2D eigenvalue weighted by molar-refractivity contribution is 0.835. The van der Waals surface area contributed by atoms with E-state index in [2.05, 4.69) is 0 Å². The summed E-state index contributed by atoms with van der Waals surface area (Å²) < 4.78 is 1.55. The standard InChI is InChI=1S/C7H9Cl2NS.ClH/c8-6-4-5(2-1-3-10)7(9)11-6;/h4H,1-3,10H2;1H. The Morgan fingerprint density at radius 2 is 2.08 bits per heavy atom. The van der Waals surface area contributed by atoms with Gasteiger partial charge in [-0.25, -0.2) is 0 Å². The molecule has 70 valence electrons. The highest BCUT2D eigenvalue weighted by Gasteiger charge is 2.04. The van der Waals surface area contributed by atoms with Crippen LogP contribution in [-0.2, 0) is 6.42 Å². The van der Waals surface area contributed by atoms with Crippen molar-refractivity contribution in [2.24, 2.45) is 5.73 Å². The van der Waals surface area contributed by atoms with E-state index in [0.29, 0.717) is 6.54 Å². The Morgan fingerprint density at radius 1 is 1.42 bits per heavy atom. The van der Waals surface area contributed by atoms with Crippen LogP contribution in [0.5, 0.6) is 0 Å². The fourth-order valence-electron chi connectivity index (χ4n) is 0.837. The van der Waals surface area contributed by atoms with E-state index in [9.17, 15) is 0 Å². The van der Waals surface area contributed by atoms with Gasteiger partial charge in [-0.3, -0.25) is 0 Å². The topological polar surface area (TPSA) is 26.0 Å². The van der Waals surface area contributed by atoms with E-state index >= 15 is 0 Å². The van der Waals surface area contributed by atoms with Crippen molar-refractivity contribution in [3.05, 3.63) is 20.3 Å². The first-order chi connectivity index (χ1) is 5.24. The van der Waals surface area contributed by atoms with Gasteiger partial charge in [-0.2, -0.15) is 0 Å². The van der Waals surface area contributed by atoms with Gasteiger partial charge in [-0.15, -0.1) is 23.7 Å². The molecule has 12 heavy (non-hydrogen) atoms. The Hall–Kier alpha value is 0.530. The van der Waals surface area contributed by atoms with Crippen LogP contribution < -0.4 is 5.73 Å². The lowest BCUT2D eigenvalue weighted by Gasteiger charge is -1.94. The predicted octanol–water partition coefficient (Wildman–Crippen LogP) is 3.37. The van der Waals surface area contributed by atoms with E-state index in [-0.39, 0.29) is 12.4 Å². The lowest BCUT2D eigenvalue weighted by Crippen LogP contribution is -1.99. The SMILES string of the molecule is Cl.NCCCc1cc(Cl)sc1Cl. The van der Waals surface area contributed by atoms with Crippen molar-refractivity contribution in [2.45, 2.75) is 12.8 Å². The van der Waals surface area contributed by atoms with Crippen LogP contribution in [0.1, 0.15) is 12.0 Å². The number of halogens is 3. The number of nitrogens with two attached hydrogens (primary N) is 1. The van der Waals surface area contributed by atoms with Gasteiger partial charge in [0.1, 0.15) is 0 Å². The zero-order valence-corrected chi connectivity index (χ0v) is 9.49. The van der Waals surface area contributed by atoms with Gasteiger partial charge < -0.3 is 5.73 Å². The Morgan fingerprint density at radius 3 is 2.50 bits per heavy atom. The smallest absolute Gasteiger partial charge is 0.0976 e. The molecule has 0 fully saturated rings. The molecule has 1 aromatic heterocycles. The van der Waals surface area contributed by atoms with Gasteiger partial charge in [0, 0.05) is 0 Å². The number of rotatable bonds is 3. The molecule has 1 rings (SSSR count). The van der Waals surface area contributed by atoms with E-state index in [1.807, 2.05) is 6.07 Å². The third kappa shape index (κ3) is 3.50. The first-order valence-corrected chi connectivity index (χ1v) is 4.95. The third-order valence-corrected chi connectivity index (χ3v) is 2.95. The van der Waals surface area contributed by atoms with Gasteiger partial charge in [-0.05, 0) is 31.0 Å². The molecule has 0 aliphatic heterocycles. The zero-order chi connectivity index (χ0) is 8.27. The van der Waals surface area contributed by atoms with Crippen molar-refractivity contribution < 1.29 is 0 Å². The van der Waals surface area contributed by atoms with Crippen LogP contribution in [0.2, 0.25) is 8.67 Å². The maximum Gasteiger partial charge on any atom is 0.0976 e. The van der Waals surface area contributed by atoms with Crippen LogP contribution in [0, 0.1) is 0 Å². The molecule has 0 spiro atoms. The van der Waals surface area contributed by atoms with Crippen molar-refractivity contribution in [2.75, 3.05) is 6.54 Å². The van der Waals surface area contributed by atoms with E-state index in [4.69, 9.17) is 28.9 Å². The van der Waals surface area contributed by atoms with E-state index < -0.39 is 0 Å². The highest BCUT2D eigenvalue weighted by molar-refractivity contribution is 7.20. The molecule has 0 saturated carbocycles. The van der Waals surface area contributed by atoms with Crippen molar-refractivity contribution in [3.63, 3.8) is 0 Å². The molecule has 0 aliphatic rings. The Bertz CT molecular complexity index is 237. The minimum atomic E-state index is 0. The maximum absolute atomic E-state index is 5.87. The maximum atomic E-state index is 5.87. The molecule has 0 unspecified atom stereocenters. The molecular weight excluding hydrogens is 237 g/mol. The van der Waals surface area contributed by atoms with Crippen molar-refractivity contribution in [1.82, 2.24) is 0 Å². The van der Waals surface area contributed by atoms with E-state index in [1.165, 1.54) is 11.3 Å². The monoisotopic (exact) mass is 245 g/mol. The highest BCUT2D eigenvalue weighted by atomic mass is 35.5. The van der Waals surface area contributed by atoms with Gasteiger partial charge >= 0.3 is 0 Å². The van der Waals surface area contributed by atoms with Crippen LogP contribution in [0.25, 0.3) is 0 Å². The summed E-state index contributed by atoms with van der Waals surface area (Å²) in [5, 5.41) is 0. The second-order valence-corrected chi connectivity index (χ2v) is 4.53. The van der Waals surface area contributed by atoms with Gasteiger partial charge in [0.25, 0.3) is 0 Å². The molecule has 1 heterocycles. The van der Waals surface area contributed by atoms with Crippen LogP contribution in [0.3, 0.4) is 0 Å². The van der Waals surface area contributed by atoms with Gasteiger partial charge in [0.05, 0.1) is 8.67 Å². The molecule has 0 amide bonds. The Kier molecular flexibility index (Phi) is 6.32. The fourth-order valence-corrected chi connectivity index (χ4v) is 2.38. The molecule has 2 N–H and O–H groups in total. The number of aryl methyl sites for hydroxylation is 1. The van der Waals surface area contributed by atoms with Crippen molar-refractivity contribution in [1.29, 1.82) is 0 Å². The second-order valence-electron chi connectivity index (χ2n) is 2.24. The first-order valence-electron chi connectivity index (χ1n) is 3.38. The zero-order valence-electron chi connectivity index (χ0n) is 6.35. The molecule has 0 atom stereocenters. The minimum Gasteiger partial charge on any atom is -0.330 e. The van der Waals surface area contributed by atoms with Crippen molar-refractivity contribution in [3.8, 4) is 0 Å². The van der Waals surface area contributed by atoms with Crippen LogP contribution in [0.4, 0.5) is 0 Å². The lowest BCUT2D eigenvalue weighted by atomic mass is 10.2. The number of hydrogen-bond acceptors (Lipinski definition) is 2. The number of hydrogen-bond donors (Lipinski definition) is 1. The van der Waals surface area contributed by atoms with E-state index in [1.54, 1.807) is 0 Å². The highest BCUT2D eigenvalue weighted by Crippen LogP contribution is 2.31. The molecule has 5 heteroatoms. The summed E-state index contributed by atoms with van der Waals surface area (Å²) in [5.74, 6) is 0. The quantitative estimate of drug-likeness (QED) is 0.869. The molecule has 1 aromatic rings. The summed E-state index contributed by atoms with van der Waals surface area (Å²) in [5.41, 5.74) is 6.48. The minimum absolute atomic E-state index is 0. The molecular formula is C7H10Cl3NS. The van der Waals surface area contributed by atoms with Crippen LogP contribution in [0.15, 0.2) is 6.07 Å². The summed E-state index contributed by atoms with van der Waals surface area (Å²) in [6, 6.07) is 1.91. The first kappa shape index (κ1) is 12.5. The van der Waals surface area contributed by atoms with Gasteiger partial charge in [0.2, 0.25) is 0 Å². The van der Waals surface area contributed by atoms with Gasteiger partial charge in [0.15, 0.2) is 0 Å².